The average Bonchev–Trinajstić information content (AvgIpc) is 3.03. The molecule has 6 nitrogen and oxygen atoms in total. The second kappa shape index (κ2) is 5.04. The van der Waals surface area contributed by atoms with Crippen LogP contribution in [0.3, 0.4) is 0 Å². The largest absolute Gasteiger partial charge is 0.233 e. The molecule has 4 aromatic rings. The molecule has 0 unspecified atom stereocenters. The first-order chi connectivity index (χ1) is 9.72. The van der Waals surface area contributed by atoms with E-state index in [1.165, 1.54) is 10.7 Å². The molecule has 0 atom stereocenters. The minimum Gasteiger partial charge on any atom is -0.183 e. The van der Waals surface area contributed by atoms with Gasteiger partial charge in [-0.05, 0) is 43.3 Å². The van der Waals surface area contributed by atoms with Crippen molar-refractivity contribution in [3.05, 3.63) is 60.4 Å². The van der Waals surface area contributed by atoms with Gasteiger partial charge in [0.25, 0.3) is 0 Å². The third-order valence-electron chi connectivity index (χ3n) is 2.60. The van der Waals surface area contributed by atoms with Crippen LogP contribution in [0, 0.1) is 12.9 Å². The van der Waals surface area contributed by atoms with E-state index in [-0.39, 0.29) is 0 Å². The summed E-state index contributed by atoms with van der Waals surface area (Å²) in [5.41, 5.74) is 2.83. The predicted octanol–water partition coefficient (Wildman–Crippen LogP) is 1.91. The van der Waals surface area contributed by atoms with E-state index in [1.54, 1.807) is 29.2 Å². The lowest BCUT2D eigenvalue weighted by Gasteiger charge is -1.88. The van der Waals surface area contributed by atoms with Crippen molar-refractivity contribution in [1.29, 1.82) is 0 Å². The van der Waals surface area contributed by atoms with Crippen molar-refractivity contribution >= 4 is 11.0 Å². The molecular weight excluding hydrogens is 259 g/mol. The summed E-state index contributed by atoms with van der Waals surface area (Å²) in [6.07, 6.45) is 3.29. The van der Waals surface area contributed by atoms with Gasteiger partial charge in [-0.2, -0.15) is 24.3 Å². The lowest BCUT2D eigenvalue weighted by molar-refractivity contribution is 0.542. The maximum absolute atomic E-state index is 12.3. The number of rotatable bonds is 0. The van der Waals surface area contributed by atoms with Gasteiger partial charge in [-0.1, -0.05) is 0 Å². The molecule has 0 spiro atoms. The maximum Gasteiger partial charge on any atom is 0.233 e. The molecule has 0 amide bonds. The zero-order valence-electron chi connectivity index (χ0n) is 10.7. The monoisotopic (exact) mass is 270 g/mol. The van der Waals surface area contributed by atoms with Crippen molar-refractivity contribution < 1.29 is 4.39 Å². The molecule has 0 N–H and O–H groups in total. The Hall–Kier alpha value is -2.83. The summed E-state index contributed by atoms with van der Waals surface area (Å²) in [7, 11) is 0. The van der Waals surface area contributed by atoms with Crippen LogP contribution in [0.4, 0.5) is 4.39 Å². The highest BCUT2D eigenvalue weighted by Crippen LogP contribution is 2.01. The van der Waals surface area contributed by atoms with Gasteiger partial charge in [0.15, 0.2) is 0 Å². The highest BCUT2D eigenvalue weighted by Gasteiger charge is 1.94. The van der Waals surface area contributed by atoms with Crippen molar-refractivity contribution in [3.63, 3.8) is 0 Å². The van der Waals surface area contributed by atoms with Crippen molar-refractivity contribution in [2.75, 3.05) is 0 Å². The van der Waals surface area contributed by atoms with Crippen LogP contribution >= 0.6 is 0 Å². The van der Waals surface area contributed by atoms with Gasteiger partial charge in [0.2, 0.25) is 5.95 Å². The standard InChI is InChI=1S/C7H7N3.C6H4FN3/c1-6-5-7-3-2-4-8-10(7)9-6;7-6-2-1-5-3-4-8-10(5)9-6/h2-5H,1H3;1-4H. The van der Waals surface area contributed by atoms with E-state index in [0.717, 1.165) is 16.7 Å². The van der Waals surface area contributed by atoms with E-state index in [2.05, 4.69) is 20.4 Å². The molecule has 0 saturated carbocycles. The summed E-state index contributed by atoms with van der Waals surface area (Å²) < 4.78 is 15.2. The topological polar surface area (TPSA) is 60.4 Å². The Kier molecular flexibility index (Phi) is 3.08. The van der Waals surface area contributed by atoms with Gasteiger partial charge < -0.3 is 0 Å². The fourth-order valence-electron chi connectivity index (χ4n) is 1.75. The van der Waals surface area contributed by atoms with Gasteiger partial charge in [-0.3, -0.25) is 0 Å². The first-order valence-corrected chi connectivity index (χ1v) is 5.97. The normalized spacial score (nSPS) is 10.5. The summed E-state index contributed by atoms with van der Waals surface area (Å²) in [6.45, 7) is 1.95. The fourth-order valence-corrected chi connectivity index (χ4v) is 1.75. The quantitative estimate of drug-likeness (QED) is 0.489. The van der Waals surface area contributed by atoms with Crippen LogP contribution in [0.2, 0.25) is 0 Å². The molecule has 100 valence electrons. The predicted molar refractivity (Wildman–Crippen MR) is 70.7 cm³/mol. The highest BCUT2D eigenvalue weighted by molar-refractivity contribution is 5.45. The van der Waals surface area contributed by atoms with Crippen LogP contribution in [0.15, 0.2) is 48.8 Å². The Balaban J connectivity index is 0.000000121. The van der Waals surface area contributed by atoms with Crippen LogP contribution in [-0.4, -0.2) is 29.7 Å². The summed E-state index contributed by atoms with van der Waals surface area (Å²) in [5, 5.41) is 15.3. The molecule has 4 rings (SSSR count). The zero-order chi connectivity index (χ0) is 13.9. The van der Waals surface area contributed by atoms with Gasteiger partial charge in [0.05, 0.1) is 22.9 Å². The van der Waals surface area contributed by atoms with Gasteiger partial charge in [0.1, 0.15) is 0 Å². The molecule has 4 aromatic heterocycles. The Morgan fingerprint density at radius 1 is 0.900 bits per heavy atom. The van der Waals surface area contributed by atoms with Crippen LogP contribution in [-0.2, 0) is 0 Å². The van der Waals surface area contributed by atoms with Crippen LogP contribution in [0.1, 0.15) is 5.69 Å². The first kappa shape index (κ1) is 12.2. The number of aromatic nitrogens is 6. The van der Waals surface area contributed by atoms with Crippen molar-refractivity contribution in [3.8, 4) is 0 Å². The van der Waals surface area contributed by atoms with Crippen LogP contribution < -0.4 is 0 Å². The van der Waals surface area contributed by atoms with E-state index in [4.69, 9.17) is 0 Å². The van der Waals surface area contributed by atoms with E-state index >= 15 is 0 Å². The third-order valence-corrected chi connectivity index (χ3v) is 2.60. The Morgan fingerprint density at radius 2 is 1.70 bits per heavy atom. The summed E-state index contributed by atoms with van der Waals surface area (Å²) in [4.78, 5) is 0. The van der Waals surface area contributed by atoms with E-state index in [9.17, 15) is 4.39 Å². The molecule has 0 aliphatic carbocycles. The lowest BCUT2D eigenvalue weighted by Crippen LogP contribution is -1.94. The summed E-state index contributed by atoms with van der Waals surface area (Å²) >= 11 is 0. The second-order valence-electron chi connectivity index (χ2n) is 4.13. The van der Waals surface area contributed by atoms with Crippen molar-refractivity contribution in [2.24, 2.45) is 0 Å². The molecule has 7 heteroatoms. The SMILES string of the molecule is Cc1cc2cccnn2n1.Fc1ccc2ccnn2n1. The second-order valence-corrected chi connectivity index (χ2v) is 4.13. The number of nitrogens with zero attached hydrogens (tertiary/aromatic N) is 6. The fraction of sp³-hybridized carbons (Fsp3) is 0.0769. The lowest BCUT2D eigenvalue weighted by atomic mass is 10.4. The molecule has 0 saturated heterocycles. The zero-order valence-corrected chi connectivity index (χ0v) is 10.7. The van der Waals surface area contributed by atoms with Gasteiger partial charge >= 0.3 is 0 Å². The summed E-state index contributed by atoms with van der Waals surface area (Å²) in [5.74, 6) is -0.517. The van der Waals surface area contributed by atoms with Gasteiger partial charge in [0, 0.05) is 6.20 Å². The number of fused-ring (bicyclic) bond motifs is 2. The van der Waals surface area contributed by atoms with E-state index in [1.807, 2.05) is 25.1 Å². The van der Waals surface area contributed by atoms with Gasteiger partial charge in [-0.25, -0.2) is 0 Å². The Labute approximate surface area is 113 Å². The number of halogens is 1. The molecule has 0 aromatic carbocycles. The van der Waals surface area contributed by atoms with E-state index < -0.39 is 5.95 Å². The van der Waals surface area contributed by atoms with Crippen molar-refractivity contribution in [1.82, 2.24) is 29.7 Å². The first-order valence-electron chi connectivity index (χ1n) is 5.97. The average molecular weight is 270 g/mol. The number of aryl methyl sites for hydroxylation is 1. The Morgan fingerprint density at radius 3 is 2.55 bits per heavy atom. The molecule has 0 aliphatic rings. The third kappa shape index (κ3) is 2.46. The Bertz CT molecular complexity index is 817. The number of hydrogen-bond donors (Lipinski definition) is 0. The minimum absolute atomic E-state index is 0.517. The maximum atomic E-state index is 12.3. The molecule has 4 heterocycles. The van der Waals surface area contributed by atoms with Crippen LogP contribution in [0.5, 0.6) is 0 Å². The summed E-state index contributed by atoms with van der Waals surface area (Å²) in [6, 6.07) is 10.6. The molecule has 0 bridgehead atoms. The highest BCUT2D eigenvalue weighted by atomic mass is 19.1. The molecule has 0 radical (unpaired) electrons. The molecular formula is C13H11FN6. The van der Waals surface area contributed by atoms with Gasteiger partial charge in [-0.15, -0.1) is 9.73 Å². The number of hydrogen-bond acceptors (Lipinski definition) is 4. The molecule has 0 fully saturated rings. The smallest absolute Gasteiger partial charge is 0.183 e. The van der Waals surface area contributed by atoms with Crippen LogP contribution in [0.25, 0.3) is 11.0 Å². The molecule has 0 aliphatic heterocycles. The van der Waals surface area contributed by atoms with Crippen molar-refractivity contribution in [2.45, 2.75) is 6.92 Å². The minimum atomic E-state index is -0.517. The molecule has 20 heavy (non-hydrogen) atoms. The van der Waals surface area contributed by atoms with E-state index in [0.29, 0.717) is 0 Å².